The van der Waals surface area contributed by atoms with E-state index in [0.29, 0.717) is 18.3 Å². The van der Waals surface area contributed by atoms with E-state index >= 15 is 0 Å². The number of rotatable bonds is 3. The number of aliphatic carboxylic acids is 1. The van der Waals surface area contributed by atoms with E-state index in [1.807, 2.05) is 0 Å². The van der Waals surface area contributed by atoms with Gasteiger partial charge in [0.25, 0.3) is 0 Å². The lowest BCUT2D eigenvalue weighted by molar-refractivity contribution is -0.150. The summed E-state index contributed by atoms with van der Waals surface area (Å²) < 4.78 is 6.43. The summed E-state index contributed by atoms with van der Waals surface area (Å²) in [6.45, 7) is 7.11. The Balaban J connectivity index is 1.70. The van der Waals surface area contributed by atoms with E-state index in [9.17, 15) is 9.90 Å². The van der Waals surface area contributed by atoms with Gasteiger partial charge in [-0.1, -0.05) is 20.8 Å². The van der Waals surface area contributed by atoms with Crippen LogP contribution in [0.3, 0.4) is 0 Å². The molecule has 4 nitrogen and oxygen atoms in total. The van der Waals surface area contributed by atoms with Crippen molar-refractivity contribution >= 4 is 5.97 Å². The van der Waals surface area contributed by atoms with E-state index in [2.05, 4.69) is 20.8 Å². The molecule has 0 amide bonds. The van der Waals surface area contributed by atoms with Gasteiger partial charge in [0.15, 0.2) is 0 Å². The van der Waals surface area contributed by atoms with Gasteiger partial charge in [0.05, 0.1) is 12.2 Å². The molecule has 5 atom stereocenters. The number of hydrogen-bond acceptors (Lipinski definition) is 3. The molecule has 120 valence electrons. The zero-order valence-corrected chi connectivity index (χ0v) is 13.5. The molecular weight excluding hydrogens is 266 g/mol. The third kappa shape index (κ3) is 2.14. The molecule has 0 aromatic heterocycles. The van der Waals surface area contributed by atoms with Crippen LogP contribution in [0.1, 0.15) is 65.7 Å². The summed E-state index contributed by atoms with van der Waals surface area (Å²) >= 11 is 0. The predicted octanol–water partition coefficient (Wildman–Crippen LogP) is 2.94. The van der Waals surface area contributed by atoms with Gasteiger partial charge in [-0.2, -0.15) is 0 Å². The Labute approximate surface area is 127 Å². The molecule has 0 aromatic rings. The van der Waals surface area contributed by atoms with Crippen molar-refractivity contribution in [2.24, 2.45) is 22.5 Å². The monoisotopic (exact) mass is 295 g/mol. The maximum atomic E-state index is 11.4. The highest BCUT2D eigenvalue weighted by atomic mass is 16.5. The molecule has 21 heavy (non-hydrogen) atoms. The molecule has 4 heteroatoms. The summed E-state index contributed by atoms with van der Waals surface area (Å²) in [4.78, 5) is 11.4. The molecule has 0 spiro atoms. The van der Waals surface area contributed by atoms with Gasteiger partial charge in [-0.3, -0.25) is 4.79 Å². The molecule has 3 rings (SSSR count). The fourth-order valence-electron chi connectivity index (χ4n) is 5.13. The maximum Gasteiger partial charge on any atom is 0.323 e. The number of nitrogens with two attached hydrogens (primary N) is 1. The third-order valence-corrected chi connectivity index (χ3v) is 7.24. The minimum absolute atomic E-state index is 0.0109. The standard InChI is InChI=1S/C17H29NO3/c1-15(2)11-6-8-16(15,3)13(9-11)21-12-5-4-7-17(18,10-12)14(19)20/h11-13H,4-10,18H2,1-3H3,(H,19,20). The smallest absolute Gasteiger partial charge is 0.323 e. The van der Waals surface area contributed by atoms with E-state index in [-0.39, 0.29) is 17.6 Å². The number of fused-ring (bicyclic) bond motifs is 2. The first-order valence-electron chi connectivity index (χ1n) is 8.37. The number of carboxylic acid groups (broad SMARTS) is 1. The highest BCUT2D eigenvalue weighted by molar-refractivity contribution is 5.78. The van der Waals surface area contributed by atoms with Crippen LogP contribution in [0.4, 0.5) is 0 Å². The van der Waals surface area contributed by atoms with Crippen LogP contribution in [-0.4, -0.2) is 28.8 Å². The SMILES string of the molecule is CC1(C)C2CCC1(C)C(OC1CCCC(N)(C(=O)O)C1)C2. The average molecular weight is 295 g/mol. The van der Waals surface area contributed by atoms with Crippen molar-refractivity contribution in [2.75, 3.05) is 0 Å². The zero-order valence-electron chi connectivity index (χ0n) is 13.5. The maximum absolute atomic E-state index is 11.4. The minimum atomic E-state index is -1.09. The summed E-state index contributed by atoms with van der Waals surface area (Å²) in [5, 5.41) is 9.33. The highest BCUT2D eigenvalue weighted by Gasteiger charge is 2.62. The van der Waals surface area contributed by atoms with Crippen molar-refractivity contribution < 1.29 is 14.6 Å². The Morgan fingerprint density at radius 1 is 1.24 bits per heavy atom. The first-order valence-corrected chi connectivity index (χ1v) is 8.37. The van der Waals surface area contributed by atoms with Gasteiger partial charge in [-0.15, -0.1) is 0 Å². The van der Waals surface area contributed by atoms with E-state index in [4.69, 9.17) is 10.5 Å². The van der Waals surface area contributed by atoms with Crippen molar-refractivity contribution in [2.45, 2.75) is 83.5 Å². The van der Waals surface area contributed by atoms with E-state index in [0.717, 1.165) is 25.2 Å². The van der Waals surface area contributed by atoms with E-state index in [1.165, 1.54) is 12.8 Å². The summed E-state index contributed by atoms with van der Waals surface area (Å²) in [6, 6.07) is 0. The molecule has 3 N–H and O–H groups in total. The lowest BCUT2D eigenvalue weighted by Crippen LogP contribution is -2.53. The molecule has 0 aliphatic heterocycles. The van der Waals surface area contributed by atoms with Crippen LogP contribution < -0.4 is 5.73 Å². The van der Waals surface area contributed by atoms with Gasteiger partial charge in [-0.25, -0.2) is 0 Å². The lowest BCUT2D eigenvalue weighted by Gasteiger charge is -2.42. The number of carboxylic acids is 1. The fourth-order valence-corrected chi connectivity index (χ4v) is 5.13. The number of carbonyl (C=O) groups is 1. The first kappa shape index (κ1) is 15.3. The molecule has 3 aliphatic rings. The van der Waals surface area contributed by atoms with Crippen molar-refractivity contribution in [1.82, 2.24) is 0 Å². The number of ether oxygens (including phenoxy) is 1. The molecule has 3 fully saturated rings. The molecule has 0 heterocycles. The van der Waals surface area contributed by atoms with Crippen molar-refractivity contribution in [3.05, 3.63) is 0 Å². The third-order valence-electron chi connectivity index (χ3n) is 7.24. The molecule has 0 saturated heterocycles. The van der Waals surface area contributed by atoms with Crippen molar-refractivity contribution in [3.8, 4) is 0 Å². The van der Waals surface area contributed by atoms with Crippen LogP contribution in [0.2, 0.25) is 0 Å². The molecule has 0 radical (unpaired) electrons. The Bertz CT molecular complexity index is 449. The number of hydrogen-bond donors (Lipinski definition) is 2. The topological polar surface area (TPSA) is 72.5 Å². The van der Waals surface area contributed by atoms with Crippen LogP contribution in [0, 0.1) is 16.7 Å². The van der Waals surface area contributed by atoms with Crippen LogP contribution in [0.15, 0.2) is 0 Å². The van der Waals surface area contributed by atoms with Gasteiger partial charge in [0.1, 0.15) is 5.54 Å². The summed E-state index contributed by atoms with van der Waals surface area (Å²) in [5.74, 6) is -0.131. The molecular formula is C17H29NO3. The van der Waals surface area contributed by atoms with E-state index in [1.54, 1.807) is 0 Å². The van der Waals surface area contributed by atoms with Crippen molar-refractivity contribution in [3.63, 3.8) is 0 Å². The van der Waals surface area contributed by atoms with Gasteiger partial charge in [-0.05, 0) is 55.3 Å². The Kier molecular flexibility index (Phi) is 3.42. The van der Waals surface area contributed by atoms with Gasteiger partial charge < -0.3 is 15.6 Å². The zero-order chi connectivity index (χ0) is 15.5. The van der Waals surface area contributed by atoms with Crippen LogP contribution >= 0.6 is 0 Å². The Morgan fingerprint density at radius 3 is 2.48 bits per heavy atom. The summed E-state index contributed by atoms with van der Waals surface area (Å²) in [7, 11) is 0. The van der Waals surface area contributed by atoms with E-state index < -0.39 is 11.5 Å². The quantitative estimate of drug-likeness (QED) is 0.839. The second kappa shape index (κ2) is 4.69. The molecule has 3 saturated carbocycles. The van der Waals surface area contributed by atoms with Gasteiger partial charge >= 0.3 is 5.97 Å². The van der Waals surface area contributed by atoms with Crippen LogP contribution in [0.5, 0.6) is 0 Å². The second-order valence-corrected chi connectivity index (χ2v) is 8.41. The Morgan fingerprint density at radius 2 is 1.95 bits per heavy atom. The second-order valence-electron chi connectivity index (χ2n) is 8.41. The Hall–Kier alpha value is -0.610. The van der Waals surface area contributed by atoms with Crippen LogP contribution in [0.25, 0.3) is 0 Å². The summed E-state index contributed by atoms with van der Waals surface area (Å²) in [5.41, 5.74) is 5.53. The molecule has 3 aliphatic carbocycles. The van der Waals surface area contributed by atoms with Crippen LogP contribution in [-0.2, 0) is 9.53 Å². The predicted molar refractivity (Wildman–Crippen MR) is 80.9 cm³/mol. The largest absolute Gasteiger partial charge is 0.480 e. The van der Waals surface area contributed by atoms with Crippen molar-refractivity contribution in [1.29, 1.82) is 0 Å². The normalized spacial score (nSPS) is 48.5. The fraction of sp³-hybridized carbons (Fsp3) is 0.941. The highest BCUT2D eigenvalue weighted by Crippen LogP contribution is 2.66. The average Bonchev–Trinajstić information content (AvgIpc) is 2.72. The molecule has 5 unspecified atom stereocenters. The molecule has 0 aromatic carbocycles. The van der Waals surface area contributed by atoms with Gasteiger partial charge in [0.2, 0.25) is 0 Å². The summed E-state index contributed by atoms with van der Waals surface area (Å²) in [6.07, 6.45) is 6.78. The minimum Gasteiger partial charge on any atom is -0.480 e. The molecule has 2 bridgehead atoms. The lowest BCUT2D eigenvalue weighted by atomic mass is 9.70. The first-order chi connectivity index (χ1) is 9.69. The van der Waals surface area contributed by atoms with Gasteiger partial charge in [0, 0.05) is 6.42 Å².